The van der Waals surface area contributed by atoms with Crippen LogP contribution in [0.2, 0.25) is 0 Å². The van der Waals surface area contributed by atoms with Crippen molar-refractivity contribution in [2.45, 2.75) is 13.8 Å². The molecule has 7 heavy (non-hydrogen) atoms. The summed E-state index contributed by atoms with van der Waals surface area (Å²) in [4.78, 5) is 0. The molecule has 0 fully saturated rings. The van der Waals surface area contributed by atoms with E-state index >= 15 is 0 Å². The number of hydrogen-bond acceptors (Lipinski definition) is 1. The predicted molar refractivity (Wildman–Crippen MR) is 29.7 cm³/mol. The summed E-state index contributed by atoms with van der Waals surface area (Å²) in [5.41, 5.74) is 0. The molecule has 0 rings (SSSR count). The Morgan fingerprint density at radius 2 is 2.29 bits per heavy atom. The molecule has 0 unspecified atom stereocenters. The van der Waals surface area contributed by atoms with Crippen LogP contribution in [0.5, 0.6) is 0 Å². The van der Waals surface area contributed by atoms with Gasteiger partial charge in [0.05, 0.1) is 6.61 Å². The summed E-state index contributed by atoms with van der Waals surface area (Å²) in [7, 11) is 0. The Bertz CT molecular complexity index is 86.1. The highest BCUT2D eigenvalue weighted by Crippen LogP contribution is 1.85. The van der Waals surface area contributed by atoms with Crippen LogP contribution in [0.1, 0.15) is 13.8 Å². The van der Waals surface area contributed by atoms with E-state index in [4.69, 9.17) is 5.11 Å². The molecular weight excluding hydrogens is 88.1 g/mol. The van der Waals surface area contributed by atoms with Gasteiger partial charge in [-0.1, -0.05) is 5.92 Å². The van der Waals surface area contributed by atoms with Crippen molar-refractivity contribution in [3.63, 3.8) is 0 Å². The summed E-state index contributed by atoms with van der Waals surface area (Å²) in [5.74, 6) is 5.65. The van der Waals surface area contributed by atoms with E-state index in [-0.39, 0.29) is 12.5 Å². The molecule has 0 aromatic rings. The van der Waals surface area contributed by atoms with E-state index < -0.39 is 0 Å². The molecule has 1 nitrogen and oxygen atoms in total. The Labute approximate surface area is 44.4 Å². The van der Waals surface area contributed by atoms with Crippen molar-refractivity contribution in [2.24, 2.45) is 5.92 Å². The van der Waals surface area contributed by atoms with Gasteiger partial charge in [0.15, 0.2) is 0 Å². The lowest BCUT2D eigenvalue weighted by molar-refractivity contribution is 0.266. The Morgan fingerprint density at radius 3 is 2.43 bits per heavy atom. The summed E-state index contributed by atoms with van der Waals surface area (Å²) in [6.45, 7) is 3.82. The first-order valence-corrected chi connectivity index (χ1v) is 2.34. The summed E-state index contributed by atoms with van der Waals surface area (Å²) in [6.07, 6.45) is 0. The van der Waals surface area contributed by atoms with Crippen LogP contribution in [0, 0.1) is 17.8 Å². The molecule has 0 saturated carbocycles. The zero-order chi connectivity index (χ0) is 5.70. The zero-order valence-corrected chi connectivity index (χ0v) is 4.73. The maximum atomic E-state index is 8.36. The largest absolute Gasteiger partial charge is 0.395 e. The summed E-state index contributed by atoms with van der Waals surface area (Å²) < 4.78 is 0. The van der Waals surface area contributed by atoms with Crippen LogP contribution in [0.3, 0.4) is 0 Å². The first-order valence-electron chi connectivity index (χ1n) is 2.34. The van der Waals surface area contributed by atoms with Crippen molar-refractivity contribution in [2.75, 3.05) is 6.61 Å². The van der Waals surface area contributed by atoms with Crippen molar-refractivity contribution >= 4 is 0 Å². The van der Waals surface area contributed by atoms with Crippen LogP contribution in [-0.2, 0) is 0 Å². The predicted octanol–water partition coefficient (Wildman–Crippen LogP) is 0.638. The molecule has 0 amide bonds. The van der Waals surface area contributed by atoms with E-state index in [1.807, 2.05) is 6.92 Å². The molecule has 0 aliphatic carbocycles. The average Bonchev–Trinajstić information content (AvgIpc) is 1.68. The minimum Gasteiger partial charge on any atom is -0.395 e. The minimum absolute atomic E-state index is 0.144. The maximum Gasteiger partial charge on any atom is 0.0566 e. The molecule has 0 aliphatic rings. The lowest BCUT2D eigenvalue weighted by Gasteiger charge is -1.91. The van der Waals surface area contributed by atoms with Gasteiger partial charge in [0.1, 0.15) is 0 Å². The number of aliphatic hydroxyl groups excluding tert-OH is 1. The lowest BCUT2D eigenvalue weighted by atomic mass is 10.2. The van der Waals surface area contributed by atoms with E-state index in [2.05, 4.69) is 11.8 Å². The second-order valence-electron chi connectivity index (χ2n) is 1.48. The lowest BCUT2D eigenvalue weighted by Crippen LogP contribution is -1.94. The molecule has 1 heteroatoms. The van der Waals surface area contributed by atoms with Crippen LogP contribution >= 0.6 is 0 Å². The summed E-state index contributed by atoms with van der Waals surface area (Å²) in [6, 6.07) is 0. The van der Waals surface area contributed by atoms with Gasteiger partial charge in [0, 0.05) is 5.92 Å². The zero-order valence-electron chi connectivity index (χ0n) is 4.73. The van der Waals surface area contributed by atoms with Crippen LogP contribution in [0.15, 0.2) is 0 Å². The Morgan fingerprint density at radius 1 is 1.71 bits per heavy atom. The fraction of sp³-hybridized carbons (Fsp3) is 0.667. The van der Waals surface area contributed by atoms with Gasteiger partial charge in [0.2, 0.25) is 0 Å². The third kappa shape index (κ3) is 3.35. The van der Waals surface area contributed by atoms with E-state index in [1.165, 1.54) is 0 Å². The Kier molecular flexibility index (Phi) is 3.45. The highest BCUT2D eigenvalue weighted by atomic mass is 16.3. The van der Waals surface area contributed by atoms with Gasteiger partial charge in [-0.05, 0) is 13.8 Å². The molecule has 0 spiro atoms. The van der Waals surface area contributed by atoms with Gasteiger partial charge >= 0.3 is 0 Å². The third-order valence-corrected chi connectivity index (χ3v) is 0.665. The van der Waals surface area contributed by atoms with Gasteiger partial charge < -0.3 is 5.11 Å². The van der Waals surface area contributed by atoms with E-state index in [0.717, 1.165) is 0 Å². The number of aliphatic hydroxyl groups is 1. The highest BCUT2D eigenvalue weighted by molar-refractivity contribution is 4.98. The Hall–Kier alpha value is -0.480. The number of rotatable bonds is 1. The van der Waals surface area contributed by atoms with Crippen LogP contribution in [0.4, 0.5) is 0 Å². The van der Waals surface area contributed by atoms with Gasteiger partial charge in [-0.15, -0.1) is 5.92 Å². The molecule has 0 aromatic carbocycles. The van der Waals surface area contributed by atoms with Crippen molar-refractivity contribution in [3.05, 3.63) is 0 Å². The maximum absolute atomic E-state index is 8.36. The fourth-order valence-corrected chi connectivity index (χ4v) is 0.292. The van der Waals surface area contributed by atoms with Crippen molar-refractivity contribution in [3.8, 4) is 11.8 Å². The van der Waals surface area contributed by atoms with Crippen LogP contribution in [-0.4, -0.2) is 11.7 Å². The standard InChI is InChI=1S/C6H10O/c1-3-4-6(2)5-7/h6-7H,5H2,1-2H3/t6-/m1/s1. The third-order valence-electron chi connectivity index (χ3n) is 0.665. The molecule has 0 heterocycles. The van der Waals surface area contributed by atoms with Gasteiger partial charge in [-0.25, -0.2) is 0 Å². The first-order chi connectivity index (χ1) is 3.31. The topological polar surface area (TPSA) is 20.2 Å². The first kappa shape index (κ1) is 6.52. The summed E-state index contributed by atoms with van der Waals surface area (Å²) in [5, 5.41) is 8.36. The molecular formula is C6H10O. The average molecular weight is 98.1 g/mol. The second kappa shape index (κ2) is 3.70. The number of hydrogen-bond donors (Lipinski definition) is 1. The van der Waals surface area contributed by atoms with Gasteiger partial charge in [-0.3, -0.25) is 0 Å². The molecule has 0 bridgehead atoms. The van der Waals surface area contributed by atoms with Gasteiger partial charge in [-0.2, -0.15) is 0 Å². The van der Waals surface area contributed by atoms with Gasteiger partial charge in [0.25, 0.3) is 0 Å². The van der Waals surface area contributed by atoms with E-state index in [1.54, 1.807) is 6.92 Å². The smallest absolute Gasteiger partial charge is 0.0566 e. The van der Waals surface area contributed by atoms with Crippen molar-refractivity contribution in [1.82, 2.24) is 0 Å². The molecule has 0 aliphatic heterocycles. The SMILES string of the molecule is CC#C[C@@H](C)CO. The normalized spacial score (nSPS) is 11.9. The molecule has 0 aromatic heterocycles. The quantitative estimate of drug-likeness (QED) is 0.477. The minimum atomic E-state index is 0.144. The fourth-order valence-electron chi connectivity index (χ4n) is 0.292. The van der Waals surface area contributed by atoms with Crippen LogP contribution in [0.25, 0.3) is 0 Å². The monoisotopic (exact) mass is 98.1 g/mol. The molecule has 0 saturated heterocycles. The van der Waals surface area contributed by atoms with Crippen LogP contribution < -0.4 is 0 Å². The van der Waals surface area contributed by atoms with Crippen molar-refractivity contribution < 1.29 is 5.11 Å². The Balaban J connectivity index is 3.29. The molecule has 0 radical (unpaired) electrons. The molecule has 40 valence electrons. The second-order valence-corrected chi connectivity index (χ2v) is 1.48. The van der Waals surface area contributed by atoms with E-state index in [0.29, 0.717) is 0 Å². The summed E-state index contributed by atoms with van der Waals surface area (Å²) >= 11 is 0. The highest BCUT2D eigenvalue weighted by Gasteiger charge is 1.87. The molecule has 1 atom stereocenters. The van der Waals surface area contributed by atoms with E-state index in [9.17, 15) is 0 Å². The molecule has 1 N–H and O–H groups in total. The van der Waals surface area contributed by atoms with Crippen molar-refractivity contribution in [1.29, 1.82) is 0 Å².